The zero-order valence-electron chi connectivity index (χ0n) is 13.8. The number of carbonyl (C=O) groups is 1. The summed E-state index contributed by atoms with van der Waals surface area (Å²) in [7, 11) is 0. The van der Waals surface area contributed by atoms with Crippen LogP contribution in [-0.2, 0) is 6.42 Å². The van der Waals surface area contributed by atoms with E-state index in [2.05, 4.69) is 25.2 Å². The highest BCUT2D eigenvalue weighted by Gasteiger charge is 2.36. The van der Waals surface area contributed by atoms with E-state index >= 15 is 0 Å². The Balaban J connectivity index is 0.00000132. The van der Waals surface area contributed by atoms with Gasteiger partial charge in [-0.25, -0.2) is 0 Å². The molecule has 6 heteroatoms. The summed E-state index contributed by atoms with van der Waals surface area (Å²) in [6, 6.07) is 6.19. The highest BCUT2D eigenvalue weighted by Crippen LogP contribution is 2.31. The Morgan fingerprint density at radius 1 is 1.35 bits per heavy atom. The number of nitrogens with zero attached hydrogens (tertiary/aromatic N) is 1. The average Bonchev–Trinajstić information content (AvgIpc) is 2.48. The second-order valence-electron chi connectivity index (χ2n) is 6.97. The van der Waals surface area contributed by atoms with E-state index in [1.807, 2.05) is 17.0 Å². The van der Waals surface area contributed by atoms with E-state index in [1.165, 1.54) is 5.56 Å². The van der Waals surface area contributed by atoms with Gasteiger partial charge in [0, 0.05) is 36.9 Å². The fourth-order valence-corrected chi connectivity index (χ4v) is 3.43. The van der Waals surface area contributed by atoms with Crippen molar-refractivity contribution in [2.24, 2.45) is 11.1 Å². The van der Waals surface area contributed by atoms with Crippen LogP contribution in [0.5, 0.6) is 0 Å². The Hall–Kier alpha value is -0.970. The molecule has 3 rings (SSSR count). The average molecular weight is 360 g/mol. The van der Waals surface area contributed by atoms with Gasteiger partial charge in [-0.1, -0.05) is 19.9 Å². The molecule has 0 radical (unpaired) electrons. The minimum Gasteiger partial charge on any atom is -0.385 e. The number of carbonyl (C=O) groups excluding carboxylic acids is 1. The van der Waals surface area contributed by atoms with E-state index < -0.39 is 0 Å². The molecule has 3 N–H and O–H groups in total. The number of anilines is 1. The molecule has 1 atom stereocenters. The zero-order chi connectivity index (χ0) is 15.0. The van der Waals surface area contributed by atoms with Crippen molar-refractivity contribution >= 4 is 36.4 Å². The van der Waals surface area contributed by atoms with E-state index in [9.17, 15) is 4.79 Å². The molecule has 1 saturated heterocycles. The highest BCUT2D eigenvalue weighted by molar-refractivity contribution is 5.97. The van der Waals surface area contributed by atoms with Crippen LogP contribution < -0.4 is 11.1 Å². The first-order valence-electron chi connectivity index (χ1n) is 7.90. The standard InChI is InChI=1S/C17H25N3O.2ClH/c1-17(2)11-20(10-8-15(17)18)16(21)13-5-3-7-14-12(13)6-4-9-19-14;;/h3,5,7,15,19H,4,6,8-11,18H2,1-2H3;2*1H. The Morgan fingerprint density at radius 3 is 2.78 bits per heavy atom. The maximum absolute atomic E-state index is 12.9. The van der Waals surface area contributed by atoms with Crippen LogP contribution in [0.1, 0.15) is 42.6 Å². The number of hydrogen-bond acceptors (Lipinski definition) is 3. The fourth-order valence-electron chi connectivity index (χ4n) is 3.43. The number of nitrogens with two attached hydrogens (primary N) is 1. The third-order valence-electron chi connectivity index (χ3n) is 4.92. The van der Waals surface area contributed by atoms with Gasteiger partial charge in [0.1, 0.15) is 0 Å². The third-order valence-corrected chi connectivity index (χ3v) is 4.92. The molecular formula is C17H27Cl2N3O. The summed E-state index contributed by atoms with van der Waals surface area (Å²) in [4.78, 5) is 14.9. The molecule has 2 heterocycles. The summed E-state index contributed by atoms with van der Waals surface area (Å²) in [5, 5.41) is 3.39. The highest BCUT2D eigenvalue weighted by atomic mass is 35.5. The first kappa shape index (κ1) is 20.1. The van der Waals surface area contributed by atoms with Gasteiger partial charge in [0.2, 0.25) is 0 Å². The Kier molecular flexibility index (Phi) is 6.75. The maximum atomic E-state index is 12.9. The number of halogens is 2. The topological polar surface area (TPSA) is 58.4 Å². The van der Waals surface area contributed by atoms with Crippen molar-refractivity contribution in [3.05, 3.63) is 29.3 Å². The van der Waals surface area contributed by atoms with Crippen molar-refractivity contribution in [2.45, 2.75) is 39.2 Å². The van der Waals surface area contributed by atoms with Crippen LogP contribution in [0.2, 0.25) is 0 Å². The van der Waals surface area contributed by atoms with Crippen LogP contribution in [0.4, 0.5) is 5.69 Å². The molecule has 2 aliphatic heterocycles. The van der Waals surface area contributed by atoms with E-state index in [1.54, 1.807) is 0 Å². The van der Waals surface area contributed by atoms with E-state index in [0.717, 1.165) is 50.1 Å². The molecule has 23 heavy (non-hydrogen) atoms. The number of piperidine rings is 1. The molecule has 1 amide bonds. The number of hydrogen-bond donors (Lipinski definition) is 2. The van der Waals surface area contributed by atoms with Gasteiger partial charge in [-0.2, -0.15) is 0 Å². The van der Waals surface area contributed by atoms with Crippen molar-refractivity contribution in [2.75, 3.05) is 25.0 Å². The van der Waals surface area contributed by atoms with Gasteiger partial charge in [0.05, 0.1) is 0 Å². The number of likely N-dealkylation sites (tertiary alicyclic amines) is 1. The van der Waals surface area contributed by atoms with Gasteiger partial charge < -0.3 is 16.0 Å². The lowest BCUT2D eigenvalue weighted by Gasteiger charge is -2.42. The quantitative estimate of drug-likeness (QED) is 0.809. The molecule has 0 saturated carbocycles. The summed E-state index contributed by atoms with van der Waals surface area (Å²) in [5.41, 5.74) is 9.34. The van der Waals surface area contributed by atoms with Gasteiger partial charge >= 0.3 is 0 Å². The molecular weight excluding hydrogens is 333 g/mol. The first-order valence-corrected chi connectivity index (χ1v) is 7.90. The third kappa shape index (κ3) is 3.93. The van der Waals surface area contributed by atoms with Crippen molar-refractivity contribution in [1.29, 1.82) is 0 Å². The Bertz CT molecular complexity index is 563. The Morgan fingerprint density at radius 2 is 2.09 bits per heavy atom. The molecule has 2 aliphatic rings. The molecule has 0 aliphatic carbocycles. The SMILES string of the molecule is CC1(C)CN(C(=O)c2cccc3c2CCCN3)CCC1N.Cl.Cl. The summed E-state index contributed by atoms with van der Waals surface area (Å²) >= 11 is 0. The first-order chi connectivity index (χ1) is 9.99. The molecule has 0 spiro atoms. The largest absolute Gasteiger partial charge is 0.385 e. The minimum atomic E-state index is -0.0129. The lowest BCUT2D eigenvalue weighted by atomic mass is 9.79. The molecule has 1 aromatic carbocycles. The smallest absolute Gasteiger partial charge is 0.254 e. The molecule has 130 valence electrons. The summed E-state index contributed by atoms with van der Waals surface area (Å²) < 4.78 is 0. The fraction of sp³-hybridized carbons (Fsp3) is 0.588. The molecule has 0 aromatic heterocycles. The van der Waals surface area contributed by atoms with Crippen LogP contribution in [0.25, 0.3) is 0 Å². The predicted octanol–water partition coefficient (Wildman–Crippen LogP) is 3.09. The lowest BCUT2D eigenvalue weighted by Crippen LogP contribution is -2.54. The number of fused-ring (bicyclic) bond motifs is 1. The monoisotopic (exact) mass is 359 g/mol. The predicted molar refractivity (Wildman–Crippen MR) is 100 cm³/mol. The van der Waals surface area contributed by atoms with Crippen LogP contribution in [-0.4, -0.2) is 36.5 Å². The lowest BCUT2D eigenvalue weighted by molar-refractivity contribution is 0.0532. The second kappa shape index (κ2) is 7.73. The summed E-state index contributed by atoms with van der Waals surface area (Å²) in [6.45, 7) is 6.80. The van der Waals surface area contributed by atoms with Crippen LogP contribution in [0.15, 0.2) is 18.2 Å². The van der Waals surface area contributed by atoms with Gasteiger partial charge in [-0.3, -0.25) is 4.79 Å². The van der Waals surface area contributed by atoms with Crippen molar-refractivity contribution in [3.8, 4) is 0 Å². The van der Waals surface area contributed by atoms with Crippen molar-refractivity contribution < 1.29 is 4.79 Å². The number of rotatable bonds is 1. The molecule has 1 aromatic rings. The van der Waals surface area contributed by atoms with Crippen molar-refractivity contribution in [3.63, 3.8) is 0 Å². The van der Waals surface area contributed by atoms with Gasteiger partial charge in [-0.05, 0) is 42.4 Å². The van der Waals surface area contributed by atoms with E-state index in [-0.39, 0.29) is 42.2 Å². The van der Waals surface area contributed by atoms with Gasteiger partial charge in [0.15, 0.2) is 0 Å². The van der Waals surface area contributed by atoms with Gasteiger partial charge in [0.25, 0.3) is 5.91 Å². The molecule has 0 bridgehead atoms. The Labute approximate surface area is 151 Å². The second-order valence-corrected chi connectivity index (χ2v) is 6.97. The molecule has 1 unspecified atom stereocenters. The van der Waals surface area contributed by atoms with E-state index in [4.69, 9.17) is 5.73 Å². The number of benzene rings is 1. The normalized spacial score (nSPS) is 22.0. The zero-order valence-corrected chi connectivity index (χ0v) is 15.4. The van der Waals surface area contributed by atoms with Crippen LogP contribution in [0, 0.1) is 5.41 Å². The molecule has 1 fully saturated rings. The minimum absolute atomic E-state index is 0. The maximum Gasteiger partial charge on any atom is 0.254 e. The van der Waals surface area contributed by atoms with E-state index in [0.29, 0.717) is 0 Å². The van der Waals surface area contributed by atoms with Gasteiger partial charge in [-0.15, -0.1) is 24.8 Å². The van der Waals surface area contributed by atoms with Crippen molar-refractivity contribution in [1.82, 2.24) is 4.90 Å². The number of amides is 1. The summed E-state index contributed by atoms with van der Waals surface area (Å²) in [6.07, 6.45) is 2.96. The molecule has 4 nitrogen and oxygen atoms in total. The summed E-state index contributed by atoms with van der Waals surface area (Å²) in [5.74, 6) is 0.163. The number of nitrogens with one attached hydrogen (secondary N) is 1. The van der Waals surface area contributed by atoms with Crippen LogP contribution >= 0.6 is 24.8 Å². The van der Waals surface area contributed by atoms with Crippen LogP contribution in [0.3, 0.4) is 0 Å².